The Labute approximate surface area is 85.7 Å². The first kappa shape index (κ1) is 8.51. The van der Waals surface area contributed by atoms with Gasteiger partial charge in [0.15, 0.2) is 0 Å². The van der Waals surface area contributed by atoms with E-state index in [4.69, 9.17) is 0 Å². The highest BCUT2D eigenvalue weighted by atomic mass is 79.9. The van der Waals surface area contributed by atoms with Gasteiger partial charge in [0.2, 0.25) is 0 Å². The molecule has 2 nitrogen and oxygen atoms in total. The van der Waals surface area contributed by atoms with E-state index in [-0.39, 0.29) is 0 Å². The van der Waals surface area contributed by atoms with E-state index in [1.165, 1.54) is 0 Å². The minimum atomic E-state index is 0.943. The third kappa shape index (κ3) is 1.29. The number of nitrogens with zero attached hydrogens (tertiary/aromatic N) is 2. The van der Waals surface area contributed by atoms with Crippen molar-refractivity contribution < 1.29 is 0 Å². The van der Waals surface area contributed by atoms with E-state index in [9.17, 15) is 0 Å². The van der Waals surface area contributed by atoms with Crippen LogP contribution in [-0.4, -0.2) is 12.0 Å². The van der Waals surface area contributed by atoms with Crippen molar-refractivity contribution in [3.8, 4) is 0 Å². The van der Waals surface area contributed by atoms with Gasteiger partial charge in [-0.3, -0.25) is 0 Å². The van der Waals surface area contributed by atoms with Gasteiger partial charge in [0, 0.05) is 29.0 Å². The lowest BCUT2D eigenvalue weighted by atomic mass is 10.1. The van der Waals surface area contributed by atoms with E-state index in [1.807, 2.05) is 30.2 Å². The summed E-state index contributed by atoms with van der Waals surface area (Å²) in [6.45, 7) is 3.92. The largest absolute Gasteiger partial charge is 0.329 e. The zero-order valence-corrected chi connectivity index (χ0v) is 8.87. The van der Waals surface area contributed by atoms with Crippen LogP contribution < -0.4 is 4.90 Å². The Kier molecular flexibility index (Phi) is 1.96. The van der Waals surface area contributed by atoms with Crippen LogP contribution in [0.15, 0.2) is 36.7 Å². The molecule has 0 spiro atoms. The Morgan fingerprint density at radius 1 is 1.54 bits per heavy atom. The summed E-state index contributed by atoms with van der Waals surface area (Å²) < 4.78 is 1.04. The van der Waals surface area contributed by atoms with E-state index in [1.54, 1.807) is 6.20 Å². The molecule has 0 saturated heterocycles. The maximum atomic E-state index is 4.30. The second kappa shape index (κ2) is 3.00. The number of anilines is 1. The lowest BCUT2D eigenvalue weighted by Gasteiger charge is -2.25. The fourth-order valence-electron chi connectivity index (χ4n) is 1.31. The molecule has 0 N–H and O–H groups in total. The number of hydrogen-bond acceptors (Lipinski definition) is 2. The number of rotatable bonds is 0. The van der Waals surface area contributed by atoms with E-state index < -0.39 is 0 Å². The molecule has 2 rings (SSSR count). The Hall–Kier alpha value is -1.09. The normalized spacial score (nSPS) is 15.4. The van der Waals surface area contributed by atoms with Gasteiger partial charge < -0.3 is 4.90 Å². The van der Waals surface area contributed by atoms with Gasteiger partial charge in [-0.05, 0) is 34.1 Å². The summed E-state index contributed by atoms with van der Waals surface area (Å²) in [5, 5.41) is 0. The average molecular weight is 237 g/mol. The Balaban J connectivity index is 2.65. The summed E-state index contributed by atoms with van der Waals surface area (Å²) in [7, 11) is 1.96. The molecule has 0 bridgehead atoms. The van der Waals surface area contributed by atoms with Crippen molar-refractivity contribution in [2.24, 2.45) is 0 Å². The molecule has 1 aromatic heterocycles. The van der Waals surface area contributed by atoms with E-state index >= 15 is 0 Å². The van der Waals surface area contributed by atoms with E-state index in [0.29, 0.717) is 0 Å². The first-order chi connectivity index (χ1) is 6.20. The van der Waals surface area contributed by atoms with Crippen molar-refractivity contribution in [2.75, 3.05) is 11.9 Å². The predicted molar refractivity (Wildman–Crippen MR) is 58.7 cm³/mol. The number of likely N-dealkylation sites (N-methyl/N-ethyl adjacent to an activating group) is 1. The summed E-state index contributed by atoms with van der Waals surface area (Å²) in [5.74, 6) is 0.946. The summed E-state index contributed by atoms with van der Waals surface area (Å²) in [6.07, 6.45) is 3.78. The van der Waals surface area contributed by atoms with Gasteiger partial charge in [0.05, 0.1) is 0 Å². The fourth-order valence-corrected chi connectivity index (χ4v) is 1.88. The number of halogens is 1. The average Bonchev–Trinajstić information content (AvgIpc) is 2.15. The van der Waals surface area contributed by atoms with Crippen LogP contribution in [-0.2, 0) is 0 Å². The highest BCUT2D eigenvalue weighted by molar-refractivity contribution is 9.15. The summed E-state index contributed by atoms with van der Waals surface area (Å²) in [4.78, 5) is 6.27. The Bertz CT molecular complexity index is 396. The minimum Gasteiger partial charge on any atom is -0.329 e. The zero-order chi connectivity index (χ0) is 9.42. The summed E-state index contributed by atoms with van der Waals surface area (Å²) >= 11 is 3.49. The summed E-state index contributed by atoms with van der Waals surface area (Å²) in [5.41, 5.74) is 2.05. The van der Waals surface area contributed by atoms with E-state index in [2.05, 4.69) is 27.5 Å². The number of allylic oxidation sites excluding steroid dienone is 1. The maximum Gasteiger partial charge on any atom is 0.141 e. The van der Waals surface area contributed by atoms with Crippen molar-refractivity contribution >= 4 is 26.2 Å². The van der Waals surface area contributed by atoms with Gasteiger partial charge in [-0.25, -0.2) is 4.98 Å². The molecule has 1 aliphatic heterocycles. The van der Waals surface area contributed by atoms with Crippen LogP contribution in [0.2, 0.25) is 0 Å². The maximum absolute atomic E-state index is 4.30. The first-order valence-electron chi connectivity index (χ1n) is 3.95. The standard InChI is InChI=1S/C10H9BrN2/c1-7-6-9(11)8-4-3-5-12-10(8)13(7)2/h3-6H,1H2,2H3. The van der Waals surface area contributed by atoms with Crippen LogP contribution in [0, 0.1) is 0 Å². The molecule has 0 saturated carbocycles. The zero-order valence-electron chi connectivity index (χ0n) is 7.29. The minimum absolute atomic E-state index is 0.943. The van der Waals surface area contributed by atoms with Crippen molar-refractivity contribution in [3.05, 3.63) is 42.2 Å². The third-order valence-electron chi connectivity index (χ3n) is 2.09. The van der Waals surface area contributed by atoms with Gasteiger partial charge in [0.1, 0.15) is 5.82 Å². The Morgan fingerprint density at radius 2 is 2.31 bits per heavy atom. The molecular formula is C10H9BrN2. The molecule has 0 atom stereocenters. The monoisotopic (exact) mass is 236 g/mol. The molecule has 0 amide bonds. The van der Waals surface area contributed by atoms with Crippen LogP contribution in [0.4, 0.5) is 5.82 Å². The smallest absolute Gasteiger partial charge is 0.141 e. The number of aromatic nitrogens is 1. The molecule has 0 aliphatic carbocycles. The topological polar surface area (TPSA) is 16.1 Å². The third-order valence-corrected chi connectivity index (χ3v) is 2.74. The first-order valence-corrected chi connectivity index (χ1v) is 4.74. The van der Waals surface area contributed by atoms with Crippen LogP contribution in [0.5, 0.6) is 0 Å². The highest BCUT2D eigenvalue weighted by Gasteiger charge is 2.17. The molecule has 2 heterocycles. The summed E-state index contributed by atoms with van der Waals surface area (Å²) in [6, 6.07) is 3.96. The highest BCUT2D eigenvalue weighted by Crippen LogP contribution is 2.35. The van der Waals surface area contributed by atoms with Gasteiger partial charge in [-0.2, -0.15) is 0 Å². The molecule has 1 aromatic rings. The molecule has 13 heavy (non-hydrogen) atoms. The fraction of sp³-hybridized carbons (Fsp3) is 0.100. The lowest BCUT2D eigenvalue weighted by molar-refractivity contribution is 1.07. The van der Waals surface area contributed by atoms with E-state index in [0.717, 1.165) is 21.6 Å². The lowest BCUT2D eigenvalue weighted by Crippen LogP contribution is -2.19. The Morgan fingerprint density at radius 3 is 3.08 bits per heavy atom. The molecule has 3 heteroatoms. The van der Waals surface area contributed by atoms with Gasteiger partial charge in [0.25, 0.3) is 0 Å². The molecule has 0 radical (unpaired) electrons. The SMILES string of the molecule is C=C1C=C(Br)c2cccnc2N1C. The predicted octanol–water partition coefficient (Wildman–Crippen LogP) is 2.78. The van der Waals surface area contributed by atoms with Crippen LogP contribution in [0.3, 0.4) is 0 Å². The second-order valence-corrected chi connectivity index (χ2v) is 3.77. The number of fused-ring (bicyclic) bond motifs is 1. The molecular weight excluding hydrogens is 228 g/mol. The quantitative estimate of drug-likeness (QED) is 0.689. The van der Waals surface area contributed by atoms with Crippen molar-refractivity contribution in [1.82, 2.24) is 4.98 Å². The molecule has 1 aliphatic rings. The van der Waals surface area contributed by atoms with Gasteiger partial charge in [-0.1, -0.05) is 6.58 Å². The number of pyridine rings is 1. The van der Waals surface area contributed by atoms with Gasteiger partial charge in [-0.15, -0.1) is 0 Å². The van der Waals surface area contributed by atoms with Crippen LogP contribution in [0.1, 0.15) is 5.56 Å². The number of hydrogen-bond donors (Lipinski definition) is 0. The molecule has 66 valence electrons. The molecule has 0 aromatic carbocycles. The van der Waals surface area contributed by atoms with Crippen molar-refractivity contribution in [2.45, 2.75) is 0 Å². The second-order valence-electron chi connectivity index (χ2n) is 2.92. The van der Waals surface area contributed by atoms with Gasteiger partial charge >= 0.3 is 0 Å². The van der Waals surface area contributed by atoms with Crippen molar-refractivity contribution in [1.29, 1.82) is 0 Å². The van der Waals surface area contributed by atoms with Crippen LogP contribution in [0.25, 0.3) is 4.48 Å². The molecule has 0 unspecified atom stereocenters. The van der Waals surface area contributed by atoms with Crippen molar-refractivity contribution in [3.63, 3.8) is 0 Å². The molecule has 0 fully saturated rings. The van der Waals surface area contributed by atoms with Crippen LogP contribution >= 0.6 is 15.9 Å².